The van der Waals surface area contributed by atoms with Crippen molar-refractivity contribution in [3.05, 3.63) is 64.8 Å². The van der Waals surface area contributed by atoms with Crippen LogP contribution in [-0.2, 0) is 19.4 Å². The van der Waals surface area contributed by atoms with E-state index in [1.165, 1.54) is 0 Å². The van der Waals surface area contributed by atoms with Crippen molar-refractivity contribution in [2.24, 2.45) is 0 Å². The highest BCUT2D eigenvalue weighted by Gasteiger charge is 2.43. The minimum atomic E-state index is -3.28. The number of carbonyl (C=O) groups is 2. The first kappa shape index (κ1) is 18.8. The van der Waals surface area contributed by atoms with Gasteiger partial charge in [-0.25, -0.2) is 8.42 Å². The molecule has 1 atom stereocenters. The first-order valence-corrected chi connectivity index (χ1v) is 10.3. The Morgan fingerprint density at radius 2 is 1.89 bits per heavy atom. The number of hydrogen-bond donors (Lipinski definition) is 0. The third-order valence-corrected chi connectivity index (χ3v) is 6.45. The van der Waals surface area contributed by atoms with Crippen molar-refractivity contribution < 1.29 is 18.0 Å². The highest BCUT2D eigenvalue weighted by molar-refractivity contribution is 7.91. The number of allylic oxidation sites excluding steroid dienone is 2. The first-order valence-electron chi connectivity index (χ1n) is 8.47. The maximum absolute atomic E-state index is 12.9. The molecular weight excluding hydrogens is 364 g/mol. The van der Waals surface area contributed by atoms with E-state index in [4.69, 9.17) is 0 Å². The lowest BCUT2D eigenvalue weighted by molar-refractivity contribution is -0.142. The SMILES string of the molecule is CC1=C(C#N)C(=O)N([C@@H]2CCS(=O)(=O)C2)C(=O)/C1=C/C=C/c1ccccc1. The van der Waals surface area contributed by atoms with E-state index in [1.807, 2.05) is 36.4 Å². The van der Waals surface area contributed by atoms with Crippen LogP contribution in [0.2, 0.25) is 0 Å². The van der Waals surface area contributed by atoms with Crippen LogP contribution in [0.1, 0.15) is 18.9 Å². The number of amides is 2. The molecule has 1 fully saturated rings. The Morgan fingerprint density at radius 3 is 2.48 bits per heavy atom. The summed E-state index contributed by atoms with van der Waals surface area (Å²) in [5.41, 5.74) is 1.35. The largest absolute Gasteiger partial charge is 0.271 e. The summed E-state index contributed by atoms with van der Waals surface area (Å²) in [6.45, 7) is 1.55. The molecule has 3 rings (SSSR count). The maximum Gasteiger partial charge on any atom is 0.271 e. The summed E-state index contributed by atoms with van der Waals surface area (Å²) in [5, 5.41) is 9.37. The van der Waals surface area contributed by atoms with Gasteiger partial charge in [0.25, 0.3) is 11.8 Å². The molecule has 0 spiro atoms. The third-order valence-electron chi connectivity index (χ3n) is 4.70. The Balaban J connectivity index is 1.98. The third kappa shape index (κ3) is 3.76. The van der Waals surface area contributed by atoms with Crippen LogP contribution < -0.4 is 0 Å². The van der Waals surface area contributed by atoms with E-state index in [1.54, 1.807) is 25.2 Å². The molecule has 2 amide bonds. The number of hydrogen-bond acceptors (Lipinski definition) is 5. The molecule has 2 aliphatic rings. The van der Waals surface area contributed by atoms with Crippen LogP contribution in [0.3, 0.4) is 0 Å². The monoisotopic (exact) mass is 382 g/mol. The van der Waals surface area contributed by atoms with Crippen LogP contribution in [0.5, 0.6) is 0 Å². The minimum Gasteiger partial charge on any atom is -0.270 e. The van der Waals surface area contributed by atoms with E-state index >= 15 is 0 Å². The molecule has 1 saturated heterocycles. The number of nitriles is 1. The van der Waals surface area contributed by atoms with Crippen molar-refractivity contribution in [1.29, 1.82) is 5.26 Å². The van der Waals surface area contributed by atoms with Gasteiger partial charge in [-0.2, -0.15) is 5.26 Å². The van der Waals surface area contributed by atoms with E-state index in [0.29, 0.717) is 5.57 Å². The van der Waals surface area contributed by atoms with Crippen molar-refractivity contribution in [3.8, 4) is 6.07 Å². The number of imide groups is 1. The zero-order valence-electron chi connectivity index (χ0n) is 14.8. The molecule has 0 N–H and O–H groups in total. The fraction of sp³-hybridized carbons (Fsp3) is 0.250. The van der Waals surface area contributed by atoms with Crippen molar-refractivity contribution in [2.45, 2.75) is 19.4 Å². The van der Waals surface area contributed by atoms with Gasteiger partial charge in [-0.05, 0) is 30.6 Å². The van der Waals surface area contributed by atoms with Gasteiger partial charge >= 0.3 is 0 Å². The number of benzene rings is 1. The van der Waals surface area contributed by atoms with E-state index in [2.05, 4.69) is 0 Å². The Bertz CT molecular complexity index is 1030. The Morgan fingerprint density at radius 1 is 1.19 bits per heavy atom. The second kappa shape index (κ2) is 7.33. The van der Waals surface area contributed by atoms with Gasteiger partial charge in [-0.15, -0.1) is 0 Å². The molecule has 0 bridgehead atoms. The summed E-state index contributed by atoms with van der Waals surface area (Å²) >= 11 is 0. The molecule has 1 aromatic carbocycles. The van der Waals surface area contributed by atoms with E-state index in [0.717, 1.165) is 10.5 Å². The van der Waals surface area contributed by atoms with Gasteiger partial charge in [0.1, 0.15) is 11.6 Å². The second-order valence-electron chi connectivity index (χ2n) is 6.50. The van der Waals surface area contributed by atoms with Crippen molar-refractivity contribution in [2.75, 3.05) is 11.5 Å². The fourth-order valence-electron chi connectivity index (χ4n) is 3.26. The lowest BCUT2D eigenvalue weighted by Crippen LogP contribution is -2.49. The number of nitrogens with zero attached hydrogens (tertiary/aromatic N) is 2. The normalized spacial score (nSPS) is 24.1. The number of sulfone groups is 1. The minimum absolute atomic E-state index is 0.0632. The summed E-state index contributed by atoms with van der Waals surface area (Å²) in [7, 11) is -3.28. The standard InChI is InChI=1S/C20H18N2O4S/c1-14-17(9-5-8-15-6-3-2-4-7-15)19(23)22(20(24)18(14)12-21)16-10-11-27(25,26)13-16/h2-9,16H,10-11,13H2,1H3/b8-5+,17-9+/t16-/m1/s1. The van der Waals surface area contributed by atoms with Crippen LogP contribution in [0.15, 0.2) is 59.2 Å². The zero-order chi connectivity index (χ0) is 19.6. The van der Waals surface area contributed by atoms with Crippen LogP contribution in [0, 0.1) is 11.3 Å². The van der Waals surface area contributed by atoms with Crippen LogP contribution >= 0.6 is 0 Å². The van der Waals surface area contributed by atoms with Crippen LogP contribution in [0.4, 0.5) is 0 Å². The molecule has 0 unspecified atom stereocenters. The van der Waals surface area contributed by atoms with Gasteiger partial charge in [-0.1, -0.05) is 42.5 Å². The second-order valence-corrected chi connectivity index (χ2v) is 8.73. The van der Waals surface area contributed by atoms with Crippen molar-refractivity contribution >= 4 is 27.7 Å². The van der Waals surface area contributed by atoms with Gasteiger partial charge < -0.3 is 0 Å². The molecule has 2 heterocycles. The first-order chi connectivity index (χ1) is 12.8. The molecule has 6 nitrogen and oxygen atoms in total. The average molecular weight is 382 g/mol. The number of rotatable bonds is 3. The van der Waals surface area contributed by atoms with Gasteiger partial charge in [0.2, 0.25) is 0 Å². The summed E-state index contributed by atoms with van der Waals surface area (Å²) in [6, 6.07) is 10.6. The summed E-state index contributed by atoms with van der Waals surface area (Å²) < 4.78 is 23.5. The molecule has 0 aliphatic carbocycles. The smallest absolute Gasteiger partial charge is 0.270 e. The average Bonchev–Trinajstić information content (AvgIpc) is 2.98. The predicted octanol–water partition coefficient (Wildman–Crippen LogP) is 2.02. The summed E-state index contributed by atoms with van der Waals surface area (Å²) in [5.74, 6) is -1.59. The quantitative estimate of drug-likeness (QED) is 0.589. The van der Waals surface area contributed by atoms with Gasteiger partial charge in [0.05, 0.1) is 17.5 Å². The Kier molecular flexibility index (Phi) is 5.10. The van der Waals surface area contributed by atoms with Gasteiger partial charge in [-0.3, -0.25) is 14.5 Å². The summed E-state index contributed by atoms with van der Waals surface area (Å²) in [4.78, 5) is 26.5. The molecule has 138 valence electrons. The van der Waals surface area contributed by atoms with Crippen LogP contribution in [-0.4, -0.2) is 42.7 Å². The molecule has 7 heteroatoms. The molecule has 0 aromatic heterocycles. The molecule has 0 saturated carbocycles. The lowest BCUT2D eigenvalue weighted by atomic mass is 9.93. The molecule has 0 radical (unpaired) electrons. The fourth-order valence-corrected chi connectivity index (χ4v) is 4.96. The van der Waals surface area contributed by atoms with Crippen molar-refractivity contribution in [3.63, 3.8) is 0 Å². The highest BCUT2D eigenvalue weighted by atomic mass is 32.2. The Hall–Kier alpha value is -2.98. The lowest BCUT2D eigenvalue weighted by Gasteiger charge is -2.31. The predicted molar refractivity (Wildman–Crippen MR) is 101 cm³/mol. The molecule has 27 heavy (non-hydrogen) atoms. The highest BCUT2D eigenvalue weighted by Crippen LogP contribution is 2.30. The topological polar surface area (TPSA) is 95.3 Å². The molecule has 2 aliphatic heterocycles. The maximum atomic E-state index is 12.9. The van der Waals surface area contributed by atoms with Gasteiger partial charge in [0.15, 0.2) is 9.84 Å². The van der Waals surface area contributed by atoms with E-state index in [-0.39, 0.29) is 29.1 Å². The van der Waals surface area contributed by atoms with Crippen LogP contribution in [0.25, 0.3) is 6.08 Å². The van der Waals surface area contributed by atoms with E-state index in [9.17, 15) is 23.3 Å². The van der Waals surface area contributed by atoms with E-state index < -0.39 is 27.7 Å². The molecule has 1 aromatic rings. The zero-order valence-corrected chi connectivity index (χ0v) is 15.6. The molecular formula is C20H18N2O4S. The van der Waals surface area contributed by atoms with Crippen molar-refractivity contribution in [1.82, 2.24) is 4.90 Å². The number of carbonyl (C=O) groups excluding carboxylic acids is 2. The summed E-state index contributed by atoms with van der Waals surface area (Å²) in [6.07, 6.45) is 5.25. The Labute approximate surface area is 158 Å². The van der Waals surface area contributed by atoms with Gasteiger partial charge in [0, 0.05) is 5.57 Å².